The molecule has 0 amide bonds. The maximum absolute atomic E-state index is 6.83. The van der Waals surface area contributed by atoms with Crippen LogP contribution in [0, 0.1) is 83.1 Å². The number of H-pyrrole nitrogens is 2. The summed E-state index contributed by atoms with van der Waals surface area (Å²) in [5.74, 6) is 5.62. The molecular formula is C112H102N4O8. The molecule has 2 aromatic heterocycles. The first-order valence-corrected chi connectivity index (χ1v) is 42.0. The van der Waals surface area contributed by atoms with Gasteiger partial charge in [0.05, 0.1) is 102 Å². The molecule has 2 aliphatic heterocycles. The van der Waals surface area contributed by atoms with Crippen LogP contribution in [-0.4, -0.2) is 78.3 Å². The summed E-state index contributed by atoms with van der Waals surface area (Å²) < 4.78 is 49.2. The van der Waals surface area contributed by atoms with Crippen LogP contribution in [0.3, 0.4) is 0 Å². The molecular weight excluding hydrogens is 1530 g/mol. The first-order valence-electron chi connectivity index (χ1n) is 42.0. The molecule has 14 aromatic rings. The standard InChI is InChI=1S/C112H102N4O8/c1-61-53-65(5)89(66(6)54-61)101-105-93(73-21-37-81(117-13)38-22-73)95(75-25-41-83(119-15)42-26-75)107(113-105)102(90-67(7)55-62(2)56-68(90)8)109-97(77-29-45-85(121-17)46-30-77)99(79-33-49-87(123-19)50-34-79)111(115-109)104(92-71(11)59-64(4)60-72(92)12)112-100(80-35-51-88(124-20)52-36-80)98(78-31-47-86(122-18)48-32-78)110(116-112)103(91-69(9)57-63(3)58-70(91)10)108-96(76-27-43-84(120-16)44-28-76)94(106(101)114-108)74-23-39-82(118-14)40-24-74/h21-60,113,116H,1-20H3. The number of rotatable bonds is 20. The Kier molecular flexibility index (Phi) is 22.2. The summed E-state index contributed by atoms with van der Waals surface area (Å²) in [4.78, 5) is 22.9. The molecule has 17 rings (SSSR count). The average Bonchev–Trinajstić information content (AvgIpc) is 1.54. The summed E-state index contributed by atoms with van der Waals surface area (Å²) in [6.07, 6.45) is 0. The van der Waals surface area contributed by atoms with Crippen LogP contribution in [0.1, 0.15) is 123 Å². The predicted octanol–water partition coefficient (Wildman–Crippen LogP) is 24.5. The van der Waals surface area contributed by atoms with Gasteiger partial charge in [-0.2, -0.15) is 0 Å². The third kappa shape index (κ3) is 14.6. The average molecular weight is 1630 g/mol. The second-order valence-corrected chi connectivity index (χ2v) is 32.8. The summed E-state index contributed by atoms with van der Waals surface area (Å²) in [6.45, 7) is 26.8. The highest BCUT2D eigenvalue weighted by atomic mass is 16.5. The second-order valence-electron chi connectivity index (χ2n) is 32.8. The highest BCUT2D eigenvalue weighted by molar-refractivity contribution is 6.53. The van der Waals surface area contributed by atoms with Gasteiger partial charge in [-0.1, -0.05) is 168 Å². The third-order valence-corrected chi connectivity index (χ3v) is 24.6. The molecule has 0 saturated carbocycles. The van der Waals surface area contributed by atoms with Crippen molar-refractivity contribution in [3.8, 4) is 90.5 Å². The van der Waals surface area contributed by atoms with E-state index in [4.69, 9.17) is 47.9 Å². The van der Waals surface area contributed by atoms with E-state index in [0.717, 1.165) is 222 Å². The van der Waals surface area contributed by atoms with Gasteiger partial charge in [-0.15, -0.1) is 0 Å². The molecule has 124 heavy (non-hydrogen) atoms. The Morgan fingerprint density at radius 3 is 0.581 bits per heavy atom. The molecule has 1 aliphatic carbocycles. The second kappa shape index (κ2) is 33.6. The van der Waals surface area contributed by atoms with Crippen molar-refractivity contribution < 1.29 is 37.9 Å². The zero-order chi connectivity index (χ0) is 86.8. The Bertz CT molecular complexity index is 6460. The van der Waals surface area contributed by atoms with Gasteiger partial charge in [0.1, 0.15) is 46.0 Å². The molecule has 0 unspecified atom stereocenters. The normalized spacial score (nSPS) is 13.3. The Balaban J connectivity index is 1.31. The van der Waals surface area contributed by atoms with Gasteiger partial charge < -0.3 is 47.9 Å². The quantitative estimate of drug-likeness (QED) is 0.0772. The molecule has 0 atom stereocenters. The summed E-state index contributed by atoms with van der Waals surface area (Å²) in [5, 5.41) is 1.60. The Hall–Kier alpha value is -14.4. The van der Waals surface area contributed by atoms with Crippen molar-refractivity contribution in [1.82, 2.24) is 9.97 Å². The van der Waals surface area contributed by atoms with Crippen molar-refractivity contribution in [1.29, 1.82) is 0 Å². The summed E-state index contributed by atoms with van der Waals surface area (Å²) in [5.41, 5.74) is 38.9. The van der Waals surface area contributed by atoms with E-state index in [9.17, 15) is 0 Å². The van der Waals surface area contributed by atoms with Crippen LogP contribution in [0.15, 0.2) is 264 Å². The van der Waals surface area contributed by atoms with Crippen molar-refractivity contribution in [2.45, 2.75) is 83.1 Å². The number of hydrogen-bond donors (Lipinski definition) is 2. The van der Waals surface area contributed by atoms with Gasteiger partial charge >= 0.3 is 0 Å². The van der Waals surface area contributed by atoms with Gasteiger partial charge in [0.25, 0.3) is 0 Å². The zero-order valence-corrected chi connectivity index (χ0v) is 74.3. The van der Waals surface area contributed by atoms with Crippen LogP contribution in [0.5, 0.6) is 46.0 Å². The highest BCUT2D eigenvalue weighted by Crippen LogP contribution is 2.57. The largest absolute Gasteiger partial charge is 0.497 e. The lowest BCUT2D eigenvalue weighted by atomic mass is 9.81. The lowest BCUT2D eigenvalue weighted by Crippen LogP contribution is -2.25. The number of methoxy groups -OCH3 is 8. The number of benzene rings is 12. The van der Waals surface area contributed by atoms with E-state index in [1.54, 1.807) is 56.9 Å². The van der Waals surface area contributed by atoms with E-state index in [2.05, 4.69) is 336 Å². The molecule has 8 bridgehead atoms. The maximum atomic E-state index is 6.83. The smallest absolute Gasteiger partial charge is 0.118 e. The van der Waals surface area contributed by atoms with Crippen LogP contribution < -0.4 is 48.6 Å². The van der Waals surface area contributed by atoms with E-state index >= 15 is 0 Å². The van der Waals surface area contributed by atoms with Crippen LogP contribution >= 0.6 is 0 Å². The zero-order valence-electron chi connectivity index (χ0n) is 74.3. The number of allylic oxidation sites excluding steroid dienone is 4. The molecule has 0 saturated heterocycles. The number of aromatic amines is 2. The minimum absolute atomic E-state index is 0.701. The van der Waals surface area contributed by atoms with Gasteiger partial charge in [0.15, 0.2) is 0 Å². The van der Waals surface area contributed by atoms with Crippen LogP contribution in [0.4, 0.5) is 0 Å². The predicted molar refractivity (Wildman–Crippen MR) is 509 cm³/mol. The number of nitrogens with zero attached hydrogens (tertiary/aromatic N) is 2. The van der Waals surface area contributed by atoms with E-state index in [1.165, 1.54) is 0 Å². The fourth-order valence-corrected chi connectivity index (χ4v) is 19.5. The molecule has 0 spiro atoms. The molecule has 0 fully saturated rings. The van der Waals surface area contributed by atoms with E-state index in [-0.39, 0.29) is 0 Å². The maximum Gasteiger partial charge on any atom is 0.118 e. The van der Waals surface area contributed by atoms with Gasteiger partial charge in [-0.25, -0.2) is 9.98 Å². The molecule has 12 aromatic carbocycles. The Morgan fingerprint density at radius 1 is 0.185 bits per heavy atom. The van der Waals surface area contributed by atoms with Crippen molar-refractivity contribution in [3.05, 3.63) is 387 Å². The van der Waals surface area contributed by atoms with Crippen molar-refractivity contribution in [2.24, 2.45) is 9.98 Å². The minimum Gasteiger partial charge on any atom is -0.497 e. The summed E-state index contributed by atoms with van der Waals surface area (Å²) in [7, 11) is 13.8. The highest BCUT2D eigenvalue weighted by Gasteiger charge is 2.42. The summed E-state index contributed by atoms with van der Waals surface area (Å²) >= 11 is 0. The van der Waals surface area contributed by atoms with E-state index in [1.807, 2.05) is 0 Å². The number of aliphatic imine (C=N–C) groups is 2. The number of ether oxygens (including phenoxy) is 8. The van der Waals surface area contributed by atoms with Crippen LogP contribution in [0.25, 0.3) is 89.1 Å². The minimum atomic E-state index is 0.701. The SMILES string of the molecule is COc1ccc(C2=C(c3ccc(OC)cc3)C3=C(c4c(C)cc(C)cc4C)c4[nH]c(c(-c5ccc(OC)cc5)c4-c4ccc(OC)cc4)C(c4c(C)cc(C)cc4C)=C4N=C(C(c5ccc(OC)cc5)=C4c4ccc(OC)cc4)C(c4c(C)cc(C)cc4C)=c4[nH]c(c(-c5ccc(OC)cc5)c4-c4ccc(OC)cc4)=C(c4c(C)cc(C)cc4C)C2=N3)cc1. The summed E-state index contributed by atoms with van der Waals surface area (Å²) in [6, 6.07) is 86.8. The van der Waals surface area contributed by atoms with Gasteiger partial charge in [-0.05, 0) is 291 Å². The molecule has 3 aliphatic rings. The van der Waals surface area contributed by atoms with Crippen molar-refractivity contribution >= 4 is 56.0 Å². The molecule has 4 heterocycles. The first kappa shape index (κ1) is 82.0. The van der Waals surface area contributed by atoms with Crippen molar-refractivity contribution in [3.63, 3.8) is 0 Å². The van der Waals surface area contributed by atoms with Gasteiger partial charge in [0, 0.05) is 66.8 Å². The molecule has 0 radical (unpaired) electrons. The number of hydrogen-bond acceptors (Lipinski definition) is 10. The number of nitrogens with one attached hydrogen (secondary N) is 2. The molecule has 12 heteroatoms. The number of fused-ring (bicyclic) bond motifs is 10. The molecule has 12 nitrogen and oxygen atoms in total. The molecule has 618 valence electrons. The Morgan fingerprint density at radius 2 is 0.371 bits per heavy atom. The van der Waals surface area contributed by atoms with E-state index in [0.29, 0.717) is 68.8 Å². The monoisotopic (exact) mass is 1630 g/mol. The van der Waals surface area contributed by atoms with Gasteiger partial charge in [-0.3, -0.25) is 0 Å². The fourth-order valence-electron chi connectivity index (χ4n) is 19.5. The van der Waals surface area contributed by atoms with Crippen LogP contribution in [-0.2, 0) is 0 Å². The first-order chi connectivity index (χ1) is 60.0. The lowest BCUT2D eigenvalue weighted by Gasteiger charge is -2.21. The number of aryl methyl sites for hydroxylation is 12. The third-order valence-electron chi connectivity index (χ3n) is 24.6. The fraction of sp³-hybridized carbons (Fsp3) is 0.179. The van der Waals surface area contributed by atoms with Gasteiger partial charge in [0.2, 0.25) is 0 Å². The Labute approximate surface area is 727 Å². The van der Waals surface area contributed by atoms with Crippen molar-refractivity contribution in [2.75, 3.05) is 56.9 Å². The topological polar surface area (TPSA) is 130 Å². The van der Waals surface area contributed by atoms with Crippen LogP contribution in [0.2, 0.25) is 0 Å². The molecule has 2 N–H and O–H groups in total. The van der Waals surface area contributed by atoms with E-state index < -0.39 is 0 Å². The lowest BCUT2D eigenvalue weighted by molar-refractivity contribution is 0.414. The number of aromatic nitrogens is 2.